The van der Waals surface area contributed by atoms with Crippen LogP contribution in [0.4, 0.5) is 27.6 Å². The van der Waals surface area contributed by atoms with E-state index >= 15 is 0 Å². The topological polar surface area (TPSA) is 90.3 Å². The van der Waals surface area contributed by atoms with Crippen molar-refractivity contribution in [3.05, 3.63) is 69.5 Å². The predicted octanol–water partition coefficient (Wildman–Crippen LogP) is 5.57. The van der Waals surface area contributed by atoms with E-state index in [-0.39, 0.29) is 45.0 Å². The lowest BCUT2D eigenvalue weighted by atomic mass is 10.2. The summed E-state index contributed by atoms with van der Waals surface area (Å²) in [5.74, 6) is -5.49. The number of hydrogen-bond acceptors (Lipinski definition) is 5. The van der Waals surface area contributed by atoms with Gasteiger partial charge in [0.25, 0.3) is 0 Å². The Morgan fingerprint density at radius 1 is 1.19 bits per heavy atom. The average molecular weight is 516 g/mol. The van der Waals surface area contributed by atoms with E-state index in [1.807, 2.05) is 0 Å². The Labute approximate surface area is 185 Å². The van der Waals surface area contributed by atoms with Crippen molar-refractivity contribution in [2.75, 3.05) is 12.8 Å². The molecule has 0 aliphatic carbocycles. The Hall–Kier alpha value is -3.59. The Balaban J connectivity index is 2.21. The van der Waals surface area contributed by atoms with Gasteiger partial charge in [-0.05, 0) is 40.2 Å². The van der Waals surface area contributed by atoms with E-state index in [1.54, 1.807) is 6.07 Å². The molecule has 2 aromatic carbocycles. The zero-order valence-electron chi connectivity index (χ0n) is 15.9. The fourth-order valence-corrected chi connectivity index (χ4v) is 3.25. The summed E-state index contributed by atoms with van der Waals surface area (Å²) in [7, 11) is 1.08. The third-order valence-corrected chi connectivity index (χ3v) is 4.90. The number of aromatic nitrogens is 1. The predicted molar refractivity (Wildman–Crippen MR) is 105 cm³/mol. The highest BCUT2D eigenvalue weighted by molar-refractivity contribution is 9.10. The summed E-state index contributed by atoms with van der Waals surface area (Å²) in [5.41, 5.74) is 3.74. The maximum Gasteiger partial charge on any atom is 0.416 e. The Kier molecular flexibility index (Phi) is 6.13. The number of nitrogens with two attached hydrogens (primary N) is 1. The number of ether oxygens (including phenoxy) is 2. The molecule has 0 saturated carbocycles. The van der Waals surface area contributed by atoms with Gasteiger partial charge in [-0.2, -0.15) is 18.4 Å². The van der Waals surface area contributed by atoms with E-state index in [2.05, 4.69) is 20.7 Å². The number of alkyl halides is 3. The highest BCUT2D eigenvalue weighted by Crippen LogP contribution is 2.41. The number of nitriles is 1. The smallest absolute Gasteiger partial charge is 0.416 e. The minimum Gasteiger partial charge on any atom is -0.464 e. The Morgan fingerprint density at radius 2 is 1.81 bits per heavy atom. The molecule has 0 aliphatic heterocycles. The van der Waals surface area contributed by atoms with Crippen LogP contribution in [-0.4, -0.2) is 17.6 Å². The van der Waals surface area contributed by atoms with Crippen LogP contribution in [0.5, 0.6) is 11.5 Å². The maximum atomic E-state index is 14.4. The molecule has 32 heavy (non-hydrogen) atoms. The van der Waals surface area contributed by atoms with Crippen molar-refractivity contribution in [2.24, 2.45) is 0 Å². The van der Waals surface area contributed by atoms with E-state index in [1.165, 1.54) is 24.4 Å². The highest BCUT2D eigenvalue weighted by Gasteiger charge is 2.33. The molecule has 0 spiro atoms. The zero-order chi connectivity index (χ0) is 23.8. The van der Waals surface area contributed by atoms with Crippen LogP contribution in [0.2, 0.25) is 0 Å². The number of nitrogen functional groups attached to an aromatic ring is 1. The first-order valence-electron chi connectivity index (χ1n) is 8.51. The molecule has 1 heterocycles. The first-order valence-corrected chi connectivity index (χ1v) is 9.31. The molecule has 0 radical (unpaired) electrons. The lowest BCUT2D eigenvalue weighted by Gasteiger charge is -2.17. The molecule has 0 amide bonds. The number of carbonyl (C=O) groups excluding carboxylic acids is 1. The van der Waals surface area contributed by atoms with Gasteiger partial charge in [0, 0.05) is 6.20 Å². The number of para-hydroxylation sites is 1. The molecule has 3 aromatic rings. The van der Waals surface area contributed by atoms with Crippen LogP contribution in [0.25, 0.3) is 5.69 Å². The van der Waals surface area contributed by atoms with Gasteiger partial charge in [-0.25, -0.2) is 13.6 Å². The second-order valence-electron chi connectivity index (χ2n) is 6.24. The Bertz CT molecular complexity index is 1240. The number of esters is 1. The number of hydrogen-bond donors (Lipinski definition) is 1. The van der Waals surface area contributed by atoms with Crippen LogP contribution in [-0.2, 0) is 10.9 Å². The normalized spacial score (nSPS) is 11.2. The zero-order valence-corrected chi connectivity index (χ0v) is 17.5. The number of anilines is 1. The minimum atomic E-state index is -4.97. The molecule has 0 fully saturated rings. The molecule has 1 aromatic heterocycles. The summed E-state index contributed by atoms with van der Waals surface area (Å²) in [4.78, 5) is 12.2. The minimum absolute atomic E-state index is 0.00771. The first-order chi connectivity index (χ1) is 15.0. The van der Waals surface area contributed by atoms with E-state index in [0.717, 1.165) is 11.7 Å². The summed E-state index contributed by atoms with van der Waals surface area (Å²) in [5, 5.41) is 9.25. The second kappa shape index (κ2) is 8.51. The van der Waals surface area contributed by atoms with Crippen LogP contribution in [0.3, 0.4) is 0 Å². The van der Waals surface area contributed by atoms with Gasteiger partial charge in [-0.1, -0.05) is 6.07 Å². The molecule has 0 atom stereocenters. The largest absolute Gasteiger partial charge is 0.464 e. The average Bonchev–Trinajstić information content (AvgIpc) is 3.06. The van der Waals surface area contributed by atoms with Gasteiger partial charge in [-0.3, -0.25) is 0 Å². The number of nitrogens with zero attached hydrogens (tertiary/aromatic N) is 2. The van der Waals surface area contributed by atoms with Crippen molar-refractivity contribution in [3.8, 4) is 23.3 Å². The molecule has 12 heteroatoms. The molecule has 3 rings (SSSR count). The lowest BCUT2D eigenvalue weighted by Crippen LogP contribution is -2.12. The fourth-order valence-electron chi connectivity index (χ4n) is 2.82. The summed E-state index contributed by atoms with van der Waals surface area (Å²) in [6, 6.07) is 6.26. The van der Waals surface area contributed by atoms with Crippen LogP contribution >= 0.6 is 15.9 Å². The number of benzene rings is 2. The fraction of sp³-hybridized carbons (Fsp3) is 0.100. The molecular formula is C20H11BrF5N3O3. The number of rotatable bonds is 4. The number of carbonyl (C=O) groups is 1. The number of methoxy groups -OCH3 is 1. The summed E-state index contributed by atoms with van der Waals surface area (Å²) >= 11 is 3.14. The molecule has 0 aliphatic rings. The van der Waals surface area contributed by atoms with E-state index in [9.17, 15) is 32.0 Å². The monoisotopic (exact) mass is 515 g/mol. The molecule has 2 N–H and O–H groups in total. The maximum absolute atomic E-state index is 14.4. The summed E-state index contributed by atoms with van der Waals surface area (Å²) in [6.07, 6.45) is -3.79. The van der Waals surface area contributed by atoms with Crippen LogP contribution < -0.4 is 10.5 Å². The standard InChI is InChI=1S/C20H11BrF5N3O3/c1-31-19(30)16-15(28)9(7-27)8-29(16)14-4-2-3-11(21)17(14)32-18-12(22)5-10(6-13(18)23)20(24,25)26/h2-6,8H,28H2,1H3. The SMILES string of the molecule is COC(=O)c1c(N)c(C#N)cn1-c1cccc(Br)c1Oc1c(F)cc(C(F)(F)F)cc1F. The molecule has 0 saturated heterocycles. The van der Waals surface area contributed by atoms with Crippen LogP contribution in [0.1, 0.15) is 21.6 Å². The van der Waals surface area contributed by atoms with Crippen molar-refractivity contribution in [3.63, 3.8) is 0 Å². The van der Waals surface area contributed by atoms with Crippen LogP contribution in [0.15, 0.2) is 41.0 Å². The van der Waals surface area contributed by atoms with E-state index in [0.29, 0.717) is 0 Å². The molecule has 6 nitrogen and oxygen atoms in total. The van der Waals surface area contributed by atoms with Gasteiger partial charge in [0.1, 0.15) is 6.07 Å². The summed E-state index contributed by atoms with van der Waals surface area (Å²) < 4.78 is 78.4. The molecule has 0 unspecified atom stereocenters. The van der Waals surface area contributed by atoms with Gasteiger partial charge >= 0.3 is 12.1 Å². The van der Waals surface area contributed by atoms with Gasteiger partial charge in [0.2, 0.25) is 0 Å². The van der Waals surface area contributed by atoms with Crippen molar-refractivity contribution in [2.45, 2.75) is 6.18 Å². The lowest BCUT2D eigenvalue weighted by molar-refractivity contribution is -0.138. The van der Waals surface area contributed by atoms with Crippen molar-refractivity contribution in [1.82, 2.24) is 4.57 Å². The van der Waals surface area contributed by atoms with Crippen molar-refractivity contribution < 1.29 is 36.2 Å². The Morgan fingerprint density at radius 3 is 2.34 bits per heavy atom. The summed E-state index contributed by atoms with van der Waals surface area (Å²) in [6.45, 7) is 0. The van der Waals surface area contributed by atoms with Gasteiger partial charge in [-0.15, -0.1) is 0 Å². The molecule has 0 bridgehead atoms. The molecular weight excluding hydrogens is 505 g/mol. The third-order valence-electron chi connectivity index (χ3n) is 4.28. The molecule has 166 valence electrons. The second-order valence-corrected chi connectivity index (χ2v) is 7.09. The van der Waals surface area contributed by atoms with Gasteiger partial charge < -0.3 is 19.8 Å². The number of halogens is 6. The third kappa shape index (κ3) is 4.11. The van der Waals surface area contributed by atoms with Gasteiger partial charge in [0.05, 0.1) is 34.1 Å². The van der Waals surface area contributed by atoms with Crippen LogP contribution in [0, 0.1) is 23.0 Å². The van der Waals surface area contributed by atoms with Crippen molar-refractivity contribution in [1.29, 1.82) is 5.26 Å². The first kappa shape index (κ1) is 23.1. The highest BCUT2D eigenvalue weighted by atomic mass is 79.9. The van der Waals surface area contributed by atoms with E-state index < -0.39 is 35.1 Å². The quantitative estimate of drug-likeness (QED) is 0.362. The van der Waals surface area contributed by atoms with Crippen molar-refractivity contribution >= 4 is 27.6 Å². The van der Waals surface area contributed by atoms with Gasteiger partial charge in [0.15, 0.2) is 28.8 Å². The van der Waals surface area contributed by atoms with E-state index in [4.69, 9.17) is 10.5 Å².